The number of rotatable bonds is 9. The van der Waals surface area contributed by atoms with Crippen molar-refractivity contribution in [1.29, 1.82) is 0 Å². The Hall–Kier alpha value is -2.90. The molecule has 1 aromatic heterocycles. The first-order valence-electron chi connectivity index (χ1n) is 8.58. The summed E-state index contributed by atoms with van der Waals surface area (Å²) in [7, 11) is 0. The molecule has 0 bridgehead atoms. The summed E-state index contributed by atoms with van der Waals surface area (Å²) in [5.74, 6) is -2.02. The summed E-state index contributed by atoms with van der Waals surface area (Å²) in [4.78, 5) is 34.8. The van der Waals surface area contributed by atoms with Gasteiger partial charge in [0.1, 0.15) is 6.04 Å². The first-order chi connectivity index (χ1) is 12.3. The molecular formula is C18H24N4O4. The lowest BCUT2D eigenvalue weighted by Gasteiger charge is -2.18. The normalized spacial score (nSPS) is 12.3. The van der Waals surface area contributed by atoms with Gasteiger partial charge in [-0.05, 0) is 24.8 Å². The lowest BCUT2D eigenvalue weighted by Crippen LogP contribution is -2.47. The minimum Gasteiger partial charge on any atom is -0.481 e. The van der Waals surface area contributed by atoms with Crippen molar-refractivity contribution < 1.29 is 19.5 Å². The molecule has 8 heteroatoms. The van der Waals surface area contributed by atoms with Crippen LogP contribution in [-0.2, 0) is 16.1 Å². The van der Waals surface area contributed by atoms with E-state index in [1.807, 2.05) is 18.2 Å². The molecule has 0 spiro atoms. The van der Waals surface area contributed by atoms with Gasteiger partial charge in [0.25, 0.3) is 5.91 Å². The second kappa shape index (κ2) is 8.46. The summed E-state index contributed by atoms with van der Waals surface area (Å²) in [5.41, 5.74) is 6.37. The molecule has 140 valence electrons. The van der Waals surface area contributed by atoms with Gasteiger partial charge in [-0.25, -0.2) is 0 Å². The summed E-state index contributed by atoms with van der Waals surface area (Å²) in [5, 5.41) is 16.4. The number of nitrogens with one attached hydrogen (secondary N) is 1. The van der Waals surface area contributed by atoms with E-state index in [0.717, 1.165) is 5.52 Å². The highest BCUT2D eigenvalue weighted by Crippen LogP contribution is 2.19. The molecule has 0 aliphatic rings. The average molecular weight is 360 g/mol. The second-order valence-electron chi connectivity index (χ2n) is 6.54. The average Bonchev–Trinajstić information content (AvgIpc) is 2.94. The number of nitrogens with zero attached hydrogens (tertiary/aromatic N) is 2. The predicted molar refractivity (Wildman–Crippen MR) is 96.5 cm³/mol. The first kappa shape index (κ1) is 19.4. The molecule has 0 aliphatic carbocycles. The van der Waals surface area contributed by atoms with Crippen LogP contribution in [0.1, 0.15) is 43.6 Å². The van der Waals surface area contributed by atoms with Crippen LogP contribution in [0.5, 0.6) is 0 Å². The molecule has 0 radical (unpaired) electrons. The SMILES string of the molecule is CC(C)[C@@H](NC(=O)c1nn(CCCCC(=O)O)c2ccccc12)C(N)=O. The van der Waals surface area contributed by atoms with E-state index in [1.165, 1.54) is 0 Å². The van der Waals surface area contributed by atoms with E-state index in [4.69, 9.17) is 10.8 Å². The predicted octanol–water partition coefficient (Wildman–Crippen LogP) is 1.53. The molecule has 8 nitrogen and oxygen atoms in total. The third-order valence-corrected chi connectivity index (χ3v) is 4.14. The summed E-state index contributed by atoms with van der Waals surface area (Å²) in [6.45, 7) is 4.11. The molecule has 2 rings (SSSR count). The quantitative estimate of drug-likeness (QED) is 0.584. The zero-order chi connectivity index (χ0) is 19.3. The number of carbonyl (C=O) groups is 3. The van der Waals surface area contributed by atoms with Crippen molar-refractivity contribution in [1.82, 2.24) is 15.1 Å². The standard InChI is InChI=1S/C18H24N4O4/c1-11(2)15(17(19)25)20-18(26)16-12-7-3-4-8-13(12)22(21-16)10-6-5-9-14(23)24/h3-4,7-8,11,15H,5-6,9-10H2,1-2H3,(H2,19,25)(H,20,26)(H,23,24)/t15-/m1/s1. The zero-order valence-corrected chi connectivity index (χ0v) is 14.9. The molecule has 26 heavy (non-hydrogen) atoms. The van der Waals surface area contributed by atoms with Gasteiger partial charge in [0.2, 0.25) is 5.91 Å². The number of para-hydroxylation sites is 1. The van der Waals surface area contributed by atoms with Gasteiger partial charge in [-0.1, -0.05) is 32.0 Å². The number of aryl methyl sites for hydroxylation is 1. The van der Waals surface area contributed by atoms with Gasteiger partial charge in [0.05, 0.1) is 5.52 Å². The zero-order valence-electron chi connectivity index (χ0n) is 14.9. The Labute approximate surface area is 151 Å². The van der Waals surface area contributed by atoms with E-state index in [9.17, 15) is 14.4 Å². The Balaban J connectivity index is 2.23. The van der Waals surface area contributed by atoms with Crippen molar-refractivity contribution in [3.63, 3.8) is 0 Å². The van der Waals surface area contributed by atoms with Crippen LogP contribution >= 0.6 is 0 Å². The lowest BCUT2D eigenvalue weighted by atomic mass is 10.0. The maximum Gasteiger partial charge on any atom is 0.303 e. The Morgan fingerprint density at radius 2 is 1.92 bits per heavy atom. The Morgan fingerprint density at radius 3 is 2.54 bits per heavy atom. The summed E-state index contributed by atoms with van der Waals surface area (Å²) in [6.07, 6.45) is 1.26. The Kier molecular flexibility index (Phi) is 6.32. The number of hydrogen-bond donors (Lipinski definition) is 3. The van der Waals surface area contributed by atoms with Gasteiger partial charge in [-0.3, -0.25) is 19.1 Å². The minimum atomic E-state index is -0.832. The molecule has 0 saturated carbocycles. The van der Waals surface area contributed by atoms with Crippen molar-refractivity contribution in [3.8, 4) is 0 Å². The third-order valence-electron chi connectivity index (χ3n) is 4.14. The fourth-order valence-electron chi connectivity index (χ4n) is 2.78. The molecule has 4 N–H and O–H groups in total. The van der Waals surface area contributed by atoms with Crippen molar-refractivity contribution in [3.05, 3.63) is 30.0 Å². The fourth-order valence-corrected chi connectivity index (χ4v) is 2.78. The number of nitrogens with two attached hydrogens (primary N) is 1. The first-order valence-corrected chi connectivity index (χ1v) is 8.58. The summed E-state index contributed by atoms with van der Waals surface area (Å²) < 4.78 is 1.70. The molecule has 0 saturated heterocycles. The summed E-state index contributed by atoms with van der Waals surface area (Å²) in [6, 6.07) is 6.52. The van der Waals surface area contributed by atoms with Crippen LogP contribution in [0.4, 0.5) is 0 Å². The molecule has 2 aromatic rings. The lowest BCUT2D eigenvalue weighted by molar-refractivity contribution is -0.137. The van der Waals surface area contributed by atoms with Crippen LogP contribution in [0.2, 0.25) is 0 Å². The van der Waals surface area contributed by atoms with Gasteiger partial charge in [0, 0.05) is 18.4 Å². The number of unbranched alkanes of at least 4 members (excludes halogenated alkanes) is 1. The van der Waals surface area contributed by atoms with E-state index in [0.29, 0.717) is 24.8 Å². The Morgan fingerprint density at radius 1 is 1.23 bits per heavy atom. The smallest absolute Gasteiger partial charge is 0.303 e. The largest absolute Gasteiger partial charge is 0.481 e. The molecule has 1 heterocycles. The van der Waals surface area contributed by atoms with Crippen LogP contribution in [0.15, 0.2) is 24.3 Å². The number of benzene rings is 1. The highest BCUT2D eigenvalue weighted by Gasteiger charge is 2.25. The number of amides is 2. The van der Waals surface area contributed by atoms with Gasteiger partial charge in [-0.15, -0.1) is 0 Å². The molecule has 2 amide bonds. The van der Waals surface area contributed by atoms with Crippen molar-refractivity contribution in [2.24, 2.45) is 11.7 Å². The molecular weight excluding hydrogens is 336 g/mol. The number of carboxylic acid groups (broad SMARTS) is 1. The molecule has 1 atom stereocenters. The van der Waals surface area contributed by atoms with E-state index in [-0.39, 0.29) is 18.0 Å². The number of aliphatic carboxylic acids is 1. The summed E-state index contributed by atoms with van der Waals surface area (Å²) >= 11 is 0. The van der Waals surface area contributed by atoms with Crippen molar-refractivity contribution >= 4 is 28.7 Å². The Bertz CT molecular complexity index is 813. The van der Waals surface area contributed by atoms with Crippen LogP contribution in [0, 0.1) is 5.92 Å². The van der Waals surface area contributed by atoms with Gasteiger partial charge >= 0.3 is 5.97 Å². The van der Waals surface area contributed by atoms with Gasteiger partial charge < -0.3 is 16.2 Å². The molecule has 0 aliphatic heterocycles. The molecule has 1 aromatic carbocycles. The van der Waals surface area contributed by atoms with E-state index >= 15 is 0 Å². The maximum absolute atomic E-state index is 12.6. The van der Waals surface area contributed by atoms with E-state index in [2.05, 4.69) is 10.4 Å². The van der Waals surface area contributed by atoms with E-state index < -0.39 is 23.8 Å². The number of aromatic nitrogens is 2. The van der Waals surface area contributed by atoms with Gasteiger partial charge in [-0.2, -0.15) is 5.10 Å². The van der Waals surface area contributed by atoms with Crippen LogP contribution < -0.4 is 11.1 Å². The van der Waals surface area contributed by atoms with E-state index in [1.54, 1.807) is 24.6 Å². The molecule has 0 unspecified atom stereocenters. The third kappa shape index (κ3) is 4.59. The van der Waals surface area contributed by atoms with Gasteiger partial charge in [0.15, 0.2) is 5.69 Å². The number of carboxylic acids is 1. The van der Waals surface area contributed by atoms with Crippen LogP contribution in [-0.4, -0.2) is 38.7 Å². The monoisotopic (exact) mass is 360 g/mol. The maximum atomic E-state index is 12.6. The highest BCUT2D eigenvalue weighted by atomic mass is 16.4. The highest BCUT2D eigenvalue weighted by molar-refractivity contribution is 6.06. The van der Waals surface area contributed by atoms with Crippen molar-refractivity contribution in [2.45, 2.75) is 45.7 Å². The number of primary amides is 1. The number of carbonyl (C=O) groups excluding carboxylic acids is 2. The second-order valence-corrected chi connectivity index (χ2v) is 6.54. The number of hydrogen-bond acceptors (Lipinski definition) is 4. The topological polar surface area (TPSA) is 127 Å². The van der Waals surface area contributed by atoms with Crippen molar-refractivity contribution in [2.75, 3.05) is 0 Å². The molecule has 0 fully saturated rings. The minimum absolute atomic E-state index is 0.0984. The van der Waals surface area contributed by atoms with Crippen LogP contribution in [0.3, 0.4) is 0 Å². The number of fused-ring (bicyclic) bond motifs is 1. The fraction of sp³-hybridized carbons (Fsp3) is 0.444. The van der Waals surface area contributed by atoms with Crippen LogP contribution in [0.25, 0.3) is 10.9 Å².